The molecule has 0 spiro atoms. The van der Waals surface area contributed by atoms with Crippen LogP contribution in [-0.2, 0) is 4.79 Å². The van der Waals surface area contributed by atoms with Crippen LogP contribution in [0, 0.1) is 21.8 Å². The number of hydrogen-bond donors (Lipinski definition) is 0. The van der Waals surface area contributed by atoms with Crippen molar-refractivity contribution in [1.29, 1.82) is 0 Å². The summed E-state index contributed by atoms with van der Waals surface area (Å²) in [4.78, 5) is 35.2. The van der Waals surface area contributed by atoms with Gasteiger partial charge in [-0.05, 0) is 12.1 Å². The standard InChI is InChI=1S/C13H13FN2O4/c1-8-7-15(5-4-12(8)17)13(18)10-6-9(14)2-3-11(10)16(19)20/h2-3,6,8H,4-5,7H2,1H3. The van der Waals surface area contributed by atoms with Crippen LogP contribution in [-0.4, -0.2) is 34.6 Å². The first-order valence-electron chi connectivity index (χ1n) is 6.16. The van der Waals surface area contributed by atoms with Crippen LogP contribution >= 0.6 is 0 Å². The topological polar surface area (TPSA) is 80.5 Å². The Hall–Kier alpha value is -2.31. The van der Waals surface area contributed by atoms with E-state index in [1.54, 1.807) is 6.92 Å². The molecule has 1 unspecified atom stereocenters. The summed E-state index contributed by atoms with van der Waals surface area (Å²) in [5, 5.41) is 10.9. The van der Waals surface area contributed by atoms with Crippen molar-refractivity contribution < 1.29 is 18.9 Å². The number of hydrogen-bond acceptors (Lipinski definition) is 4. The highest BCUT2D eigenvalue weighted by atomic mass is 19.1. The Labute approximate surface area is 114 Å². The molecule has 0 aliphatic carbocycles. The average molecular weight is 280 g/mol. The lowest BCUT2D eigenvalue weighted by Gasteiger charge is -2.29. The molecule has 0 N–H and O–H groups in total. The smallest absolute Gasteiger partial charge is 0.282 e. The summed E-state index contributed by atoms with van der Waals surface area (Å²) in [5.74, 6) is -1.57. The molecule has 1 fully saturated rings. The van der Waals surface area contributed by atoms with Crippen LogP contribution in [0.5, 0.6) is 0 Å². The molecule has 1 saturated heterocycles. The van der Waals surface area contributed by atoms with Crippen LogP contribution in [0.4, 0.5) is 10.1 Å². The highest BCUT2D eigenvalue weighted by molar-refractivity contribution is 5.99. The van der Waals surface area contributed by atoms with E-state index >= 15 is 0 Å². The van der Waals surface area contributed by atoms with Crippen LogP contribution in [0.3, 0.4) is 0 Å². The Bertz CT molecular complexity index is 588. The van der Waals surface area contributed by atoms with Crippen LogP contribution in [0.2, 0.25) is 0 Å². The first-order valence-corrected chi connectivity index (χ1v) is 6.16. The predicted octanol–water partition coefficient (Wildman–Crippen LogP) is 1.78. The van der Waals surface area contributed by atoms with Gasteiger partial charge in [0, 0.05) is 31.5 Å². The zero-order chi connectivity index (χ0) is 14.9. The molecule has 1 amide bonds. The van der Waals surface area contributed by atoms with Gasteiger partial charge in [0.2, 0.25) is 0 Å². The number of piperidine rings is 1. The van der Waals surface area contributed by atoms with E-state index in [1.807, 2.05) is 0 Å². The maximum Gasteiger partial charge on any atom is 0.282 e. The van der Waals surface area contributed by atoms with Gasteiger partial charge in [0.05, 0.1) is 4.92 Å². The van der Waals surface area contributed by atoms with E-state index in [0.717, 1.165) is 18.2 Å². The quantitative estimate of drug-likeness (QED) is 0.611. The second-order valence-corrected chi connectivity index (χ2v) is 4.79. The molecular formula is C13H13FN2O4. The Morgan fingerprint density at radius 2 is 2.20 bits per heavy atom. The Morgan fingerprint density at radius 1 is 1.50 bits per heavy atom. The van der Waals surface area contributed by atoms with Crippen molar-refractivity contribution in [1.82, 2.24) is 4.90 Å². The van der Waals surface area contributed by atoms with E-state index in [-0.39, 0.29) is 36.8 Å². The number of nitro groups is 1. The lowest BCUT2D eigenvalue weighted by molar-refractivity contribution is -0.385. The van der Waals surface area contributed by atoms with Crippen molar-refractivity contribution in [3.63, 3.8) is 0 Å². The minimum Gasteiger partial charge on any atom is -0.337 e. The lowest BCUT2D eigenvalue weighted by atomic mass is 9.97. The molecule has 1 atom stereocenters. The van der Waals surface area contributed by atoms with Crippen molar-refractivity contribution in [3.05, 3.63) is 39.7 Å². The number of ketones is 1. The van der Waals surface area contributed by atoms with Crippen molar-refractivity contribution >= 4 is 17.4 Å². The fraction of sp³-hybridized carbons (Fsp3) is 0.385. The molecule has 0 saturated carbocycles. The van der Waals surface area contributed by atoms with Crippen molar-refractivity contribution in [3.8, 4) is 0 Å². The highest BCUT2D eigenvalue weighted by Gasteiger charge is 2.30. The minimum absolute atomic E-state index is 0.0581. The molecule has 1 aromatic rings. The second kappa shape index (κ2) is 5.36. The summed E-state index contributed by atoms with van der Waals surface area (Å²) in [7, 11) is 0. The van der Waals surface area contributed by atoms with Gasteiger partial charge in [0.25, 0.3) is 11.6 Å². The van der Waals surface area contributed by atoms with Crippen LogP contribution in [0.25, 0.3) is 0 Å². The molecule has 0 aromatic heterocycles. The molecular weight excluding hydrogens is 267 g/mol. The normalized spacial score (nSPS) is 19.0. The van der Waals surface area contributed by atoms with E-state index in [0.29, 0.717) is 0 Å². The number of rotatable bonds is 2. The number of Topliss-reactive ketones (excluding diaryl/α,β-unsaturated/α-hetero) is 1. The number of likely N-dealkylation sites (tertiary alicyclic amines) is 1. The third-order valence-electron chi connectivity index (χ3n) is 3.34. The maximum atomic E-state index is 13.2. The van der Waals surface area contributed by atoms with Gasteiger partial charge in [-0.3, -0.25) is 19.7 Å². The number of nitro benzene ring substituents is 1. The molecule has 1 aliphatic rings. The van der Waals surface area contributed by atoms with Gasteiger partial charge in [0.1, 0.15) is 17.2 Å². The number of carbonyl (C=O) groups is 2. The molecule has 0 radical (unpaired) electrons. The predicted molar refractivity (Wildman–Crippen MR) is 67.7 cm³/mol. The number of nitrogens with zero attached hydrogens (tertiary/aromatic N) is 2. The van der Waals surface area contributed by atoms with E-state index in [1.165, 1.54) is 4.90 Å². The summed E-state index contributed by atoms with van der Waals surface area (Å²) in [5.41, 5.74) is -0.711. The third-order valence-corrected chi connectivity index (χ3v) is 3.34. The molecule has 2 rings (SSSR count). The van der Waals surface area contributed by atoms with Gasteiger partial charge in [-0.15, -0.1) is 0 Å². The third kappa shape index (κ3) is 2.66. The summed E-state index contributed by atoms with van der Waals surface area (Å²) < 4.78 is 13.2. The summed E-state index contributed by atoms with van der Waals surface area (Å²) >= 11 is 0. The average Bonchev–Trinajstić information content (AvgIpc) is 2.40. The molecule has 1 aliphatic heterocycles. The Kier molecular flexibility index (Phi) is 3.78. The maximum absolute atomic E-state index is 13.2. The van der Waals surface area contributed by atoms with Crippen LogP contribution in [0.1, 0.15) is 23.7 Å². The minimum atomic E-state index is -0.717. The fourth-order valence-corrected chi connectivity index (χ4v) is 2.21. The Balaban J connectivity index is 2.31. The van der Waals surface area contributed by atoms with Gasteiger partial charge in [-0.2, -0.15) is 0 Å². The SMILES string of the molecule is CC1CN(C(=O)c2cc(F)ccc2[N+](=O)[O-])CCC1=O. The zero-order valence-electron chi connectivity index (χ0n) is 10.8. The van der Waals surface area contributed by atoms with Gasteiger partial charge in [0.15, 0.2) is 0 Å². The zero-order valence-corrected chi connectivity index (χ0v) is 10.8. The van der Waals surface area contributed by atoms with E-state index in [9.17, 15) is 24.1 Å². The monoisotopic (exact) mass is 280 g/mol. The number of amides is 1. The van der Waals surface area contributed by atoms with Crippen molar-refractivity contribution in [2.24, 2.45) is 5.92 Å². The largest absolute Gasteiger partial charge is 0.337 e. The summed E-state index contributed by atoms with van der Waals surface area (Å²) in [6, 6.07) is 2.78. The lowest BCUT2D eigenvalue weighted by Crippen LogP contribution is -2.43. The van der Waals surface area contributed by atoms with Crippen molar-refractivity contribution in [2.75, 3.05) is 13.1 Å². The highest BCUT2D eigenvalue weighted by Crippen LogP contribution is 2.23. The molecule has 0 bridgehead atoms. The number of halogens is 1. The first-order chi connectivity index (χ1) is 9.40. The fourth-order valence-electron chi connectivity index (χ4n) is 2.21. The molecule has 20 heavy (non-hydrogen) atoms. The van der Waals surface area contributed by atoms with Crippen LogP contribution < -0.4 is 0 Å². The van der Waals surface area contributed by atoms with Gasteiger partial charge in [-0.25, -0.2) is 4.39 Å². The van der Waals surface area contributed by atoms with E-state index < -0.39 is 22.3 Å². The first kappa shape index (κ1) is 14.1. The number of carbonyl (C=O) groups excluding carboxylic acids is 2. The van der Waals surface area contributed by atoms with Gasteiger partial charge < -0.3 is 4.90 Å². The summed E-state index contributed by atoms with van der Waals surface area (Å²) in [6.07, 6.45) is 0.218. The number of benzene rings is 1. The second-order valence-electron chi connectivity index (χ2n) is 4.79. The molecule has 6 nitrogen and oxygen atoms in total. The van der Waals surface area contributed by atoms with E-state index in [4.69, 9.17) is 0 Å². The molecule has 7 heteroatoms. The van der Waals surface area contributed by atoms with Crippen molar-refractivity contribution in [2.45, 2.75) is 13.3 Å². The molecule has 1 aromatic carbocycles. The van der Waals surface area contributed by atoms with Crippen LogP contribution in [0.15, 0.2) is 18.2 Å². The Morgan fingerprint density at radius 3 is 2.80 bits per heavy atom. The molecule has 106 valence electrons. The van der Waals surface area contributed by atoms with E-state index in [2.05, 4.69) is 0 Å². The van der Waals surface area contributed by atoms with Gasteiger partial charge in [-0.1, -0.05) is 6.92 Å². The molecule has 1 heterocycles. The summed E-state index contributed by atoms with van der Waals surface area (Å²) in [6.45, 7) is 2.10. The van der Waals surface area contributed by atoms with Gasteiger partial charge >= 0.3 is 0 Å².